The number of halogens is 7. The molecule has 2 aliphatic heterocycles. The normalized spacial score (nSPS) is 15.2. The summed E-state index contributed by atoms with van der Waals surface area (Å²) < 4.78 is 90.8. The number of nitrogens with zero attached hydrogens (tertiary/aromatic N) is 3. The molecule has 4 aromatic carbocycles. The van der Waals surface area contributed by atoms with E-state index < -0.39 is 12.7 Å². The Hall–Kier alpha value is -1.69. The Bertz CT molecular complexity index is 1990. The molecule has 2 fully saturated rings. The van der Waals surface area contributed by atoms with Gasteiger partial charge < -0.3 is 39.1 Å². The second kappa shape index (κ2) is 37.1. The predicted octanol–water partition coefficient (Wildman–Crippen LogP) is 5.91. The van der Waals surface area contributed by atoms with Crippen molar-refractivity contribution in [3.8, 4) is 29.1 Å². The van der Waals surface area contributed by atoms with Crippen LogP contribution in [0.2, 0.25) is 0 Å². The molecule has 6 rings (SSSR count). The second-order valence-corrected chi connectivity index (χ2v) is 14.9. The number of likely N-dealkylation sites (tertiary alicyclic amines) is 2. The van der Waals surface area contributed by atoms with Gasteiger partial charge in [-0.3, -0.25) is 14.5 Å². The van der Waals surface area contributed by atoms with E-state index in [9.17, 15) is 35.9 Å². The van der Waals surface area contributed by atoms with Gasteiger partial charge in [-0.2, -0.15) is 5.26 Å². The number of phenols is 1. The molecule has 0 bridgehead atoms. The number of benzene rings is 4. The van der Waals surface area contributed by atoms with Gasteiger partial charge in [0.1, 0.15) is 29.6 Å². The van der Waals surface area contributed by atoms with Crippen LogP contribution in [-0.4, -0.2) is 159 Å². The summed E-state index contributed by atoms with van der Waals surface area (Å²) in [5.41, 5.74) is 1.75. The SMILES string of the molecule is CC#N.O=C(CN1CCCC(COc2ccc(OC(F)(F)F)cc2)C1)c1ccccc1.O=C(OCc1ccccc1)N1CCCC(CI)C1.O=CO[O-].Oc1ccc(OC(F)(F)F)cc1.[Cs+].[Cs]. The Morgan fingerprint density at radius 1 is 0.806 bits per heavy atom. The van der Waals surface area contributed by atoms with E-state index in [1.165, 1.54) is 37.6 Å². The van der Waals surface area contributed by atoms with Crippen LogP contribution in [-0.2, 0) is 21.0 Å². The van der Waals surface area contributed by atoms with Crippen molar-refractivity contribution in [3.05, 3.63) is 120 Å². The van der Waals surface area contributed by atoms with Crippen LogP contribution in [0.5, 0.6) is 23.0 Å². The molecule has 1 radical (unpaired) electrons. The Morgan fingerprint density at radius 3 is 1.79 bits per heavy atom. The van der Waals surface area contributed by atoms with Gasteiger partial charge >= 0.3 is 87.7 Å². The number of carbonyl (C=O) groups excluding carboxylic acids is 3. The molecule has 0 aliphatic carbocycles. The molecule has 2 aliphatic rings. The number of alkyl halides is 7. The quantitative estimate of drug-likeness (QED) is 0.0339. The van der Waals surface area contributed by atoms with Gasteiger partial charge in [0.25, 0.3) is 6.47 Å². The summed E-state index contributed by atoms with van der Waals surface area (Å²) >= 11 is 2.39. The molecule has 0 spiro atoms. The zero-order chi connectivity index (χ0) is 48.1. The Labute approximate surface area is 517 Å². The van der Waals surface area contributed by atoms with Crippen molar-refractivity contribution < 1.29 is 144 Å². The van der Waals surface area contributed by atoms with Crippen LogP contribution < -0.4 is 88.4 Å². The third-order valence-electron chi connectivity index (χ3n) is 8.92. The predicted molar refractivity (Wildman–Crippen MR) is 237 cm³/mol. The average molecular weight is 1300 g/mol. The van der Waals surface area contributed by atoms with Crippen LogP contribution in [0.4, 0.5) is 31.1 Å². The number of hydrogen-bond acceptors (Lipinski definition) is 12. The first-order valence-corrected chi connectivity index (χ1v) is 21.4. The second-order valence-electron chi connectivity index (χ2n) is 14.0. The number of phenolic OH excluding ortho intramolecular Hbond substituents is 1. The molecule has 2 saturated heterocycles. The Kier molecular flexibility index (Phi) is 36.2. The van der Waals surface area contributed by atoms with Crippen LogP contribution in [0.3, 0.4) is 0 Å². The number of rotatable bonds is 12. The van der Waals surface area contributed by atoms with Crippen LogP contribution in [0, 0.1) is 23.2 Å². The summed E-state index contributed by atoms with van der Waals surface area (Å²) in [6, 6.07) is 30.4. The van der Waals surface area contributed by atoms with Crippen molar-refractivity contribution in [2.75, 3.05) is 43.8 Å². The third-order valence-corrected chi connectivity index (χ3v) is 10.2. The molecular weight excluding hydrogens is 1250 g/mol. The van der Waals surface area contributed by atoms with Crippen molar-refractivity contribution >= 4 is 110 Å². The Balaban J connectivity index is 0.000000960. The van der Waals surface area contributed by atoms with Gasteiger partial charge in [0, 0.05) is 111 Å². The maximum Gasteiger partial charge on any atom is 1.00 e. The largest absolute Gasteiger partial charge is 1.00 e. The molecule has 22 heteroatoms. The third kappa shape index (κ3) is 31.3. The average Bonchev–Trinajstić information content (AvgIpc) is 3.29. The molecule has 355 valence electrons. The van der Waals surface area contributed by atoms with E-state index in [4.69, 9.17) is 29.9 Å². The minimum Gasteiger partial charge on any atom is -0.662 e. The first kappa shape index (κ1) is 65.3. The summed E-state index contributed by atoms with van der Waals surface area (Å²) in [6.45, 7) is 5.76. The van der Waals surface area contributed by atoms with E-state index in [0.717, 1.165) is 79.7 Å². The van der Waals surface area contributed by atoms with E-state index in [2.05, 4.69) is 41.9 Å². The fraction of sp³-hybridized carbons (Fsp3) is 0.378. The molecule has 0 saturated carbocycles. The molecule has 13 nitrogen and oxygen atoms in total. The van der Waals surface area contributed by atoms with Crippen LogP contribution in [0.25, 0.3) is 0 Å². The minimum atomic E-state index is -4.70. The van der Waals surface area contributed by atoms with Crippen molar-refractivity contribution in [2.24, 2.45) is 11.8 Å². The number of piperidine rings is 2. The standard InChI is InChI=1S/C21H22F3NO3.C14H18INO2.C7H5F3O2.C2H3N.CH2O3.2Cs/c22-21(23,24)28-19-10-8-18(9-11-19)27-15-16-5-4-12-25(13-16)14-20(26)17-6-2-1-3-7-17;15-9-13-7-4-8-16(10-13)14(17)18-11-12-5-2-1-3-6-12;8-7(9,10)12-6-3-1-5(11)2-4-6;1-2-3;2-1-4-3;;/h1-3,6-11,16H,4-5,12-15H2;1-3,5-6,13H,4,7-11H2;1-4,11H;1H3;1,3H;;/q;;;;;;+1/p-1. The number of ether oxygens (including phenoxy) is 4. The van der Waals surface area contributed by atoms with Crippen molar-refractivity contribution in [2.45, 2.75) is 51.9 Å². The van der Waals surface area contributed by atoms with Crippen LogP contribution in [0.1, 0.15) is 48.5 Å². The number of amides is 1. The molecule has 2 atom stereocenters. The zero-order valence-electron chi connectivity index (χ0n) is 37.2. The molecule has 1 amide bonds. The van der Waals surface area contributed by atoms with Gasteiger partial charge in [0.2, 0.25) is 0 Å². The smallest absolute Gasteiger partial charge is 0.662 e. The first-order valence-electron chi connectivity index (χ1n) is 19.9. The fourth-order valence-electron chi connectivity index (χ4n) is 6.12. The summed E-state index contributed by atoms with van der Waals surface area (Å²) in [7, 11) is 0. The summed E-state index contributed by atoms with van der Waals surface area (Å²) in [6.07, 6.45) is -5.27. The van der Waals surface area contributed by atoms with Gasteiger partial charge in [-0.05, 0) is 92.2 Å². The molecule has 67 heavy (non-hydrogen) atoms. The number of aromatic hydroxyl groups is 1. The number of Topliss-reactive ketones (excluding diaryl/α,β-unsaturated/α-hetero) is 1. The van der Waals surface area contributed by atoms with Gasteiger partial charge in [0.15, 0.2) is 5.78 Å². The minimum absolute atomic E-state index is 0. The zero-order valence-corrected chi connectivity index (χ0v) is 51.9. The van der Waals surface area contributed by atoms with Crippen molar-refractivity contribution in [1.82, 2.24) is 9.80 Å². The van der Waals surface area contributed by atoms with Gasteiger partial charge in [-0.15, -0.1) is 26.3 Å². The van der Waals surface area contributed by atoms with E-state index in [0.29, 0.717) is 37.0 Å². The first-order chi connectivity index (χ1) is 31.0. The van der Waals surface area contributed by atoms with E-state index in [1.807, 2.05) is 65.6 Å². The topological polar surface area (TPSA) is 171 Å². The molecule has 2 heterocycles. The van der Waals surface area contributed by atoms with Crippen LogP contribution in [0.15, 0.2) is 109 Å². The fourth-order valence-corrected chi connectivity index (χ4v) is 6.84. The number of ketones is 1. The number of hydrogen-bond donors (Lipinski definition) is 1. The van der Waals surface area contributed by atoms with Crippen LogP contribution >= 0.6 is 22.6 Å². The maximum absolute atomic E-state index is 12.4. The molecule has 0 aromatic heterocycles. The van der Waals surface area contributed by atoms with E-state index in [1.54, 1.807) is 6.07 Å². The molecule has 1 N–H and O–H groups in total. The molecular formula is C45H49Cs2F6IN3O10. The van der Waals surface area contributed by atoms with Gasteiger partial charge in [0.05, 0.1) is 19.2 Å². The molecule has 4 aromatic rings. The molecule has 2 unspecified atom stereocenters. The van der Waals surface area contributed by atoms with Crippen molar-refractivity contribution in [1.29, 1.82) is 5.26 Å². The summed E-state index contributed by atoms with van der Waals surface area (Å²) in [5.74, 6) is 0.759. The van der Waals surface area contributed by atoms with E-state index >= 15 is 0 Å². The number of nitriles is 1. The van der Waals surface area contributed by atoms with Gasteiger partial charge in [-0.25, -0.2) is 4.79 Å². The van der Waals surface area contributed by atoms with Crippen molar-refractivity contribution in [3.63, 3.8) is 0 Å². The van der Waals surface area contributed by atoms with Gasteiger partial charge in [-0.1, -0.05) is 83.3 Å². The monoisotopic (exact) mass is 1300 g/mol. The Morgan fingerprint density at radius 2 is 1.28 bits per heavy atom. The summed E-state index contributed by atoms with van der Waals surface area (Å²) in [5, 5.41) is 24.5. The summed E-state index contributed by atoms with van der Waals surface area (Å²) in [4.78, 5) is 39.5. The van der Waals surface area contributed by atoms with E-state index in [-0.39, 0.29) is 179 Å². The number of carbonyl (C=O) groups is 3. The maximum atomic E-state index is 12.4.